The minimum absolute atomic E-state index is 0.0539. The smallest absolute Gasteiger partial charge is 0.326 e. The molecule has 152 valence electrons. The van der Waals surface area contributed by atoms with Crippen molar-refractivity contribution < 1.29 is 18.7 Å². The Labute approximate surface area is 175 Å². The number of rotatable bonds is 5. The lowest BCUT2D eigenvalue weighted by atomic mass is 10.2. The van der Waals surface area contributed by atoms with Crippen molar-refractivity contribution in [2.75, 3.05) is 5.32 Å². The topological polar surface area (TPSA) is 103 Å². The first-order valence-electron chi connectivity index (χ1n) is 9.05. The largest absolute Gasteiger partial charge is 0.451 e. The SMILES string of the molecule is CC(OC(=O)Cn1cnc2c(oc3ccccc32)c1=O)C(=O)Nc1cccc(Cl)c1. The van der Waals surface area contributed by atoms with Crippen molar-refractivity contribution in [3.8, 4) is 0 Å². The van der Waals surface area contributed by atoms with Crippen LogP contribution in [0.4, 0.5) is 5.69 Å². The Bertz CT molecular complexity index is 1330. The number of hydrogen-bond acceptors (Lipinski definition) is 6. The highest BCUT2D eigenvalue weighted by molar-refractivity contribution is 6.30. The van der Waals surface area contributed by atoms with Gasteiger partial charge in [0.05, 0.1) is 6.33 Å². The van der Waals surface area contributed by atoms with Crippen molar-refractivity contribution in [3.63, 3.8) is 0 Å². The molecule has 2 heterocycles. The van der Waals surface area contributed by atoms with Crippen LogP contribution in [-0.4, -0.2) is 27.5 Å². The molecular formula is C21H16ClN3O5. The summed E-state index contributed by atoms with van der Waals surface area (Å²) in [5, 5.41) is 3.78. The summed E-state index contributed by atoms with van der Waals surface area (Å²) in [6, 6.07) is 13.7. The lowest BCUT2D eigenvalue weighted by Gasteiger charge is -2.14. The number of hydrogen-bond donors (Lipinski definition) is 1. The van der Waals surface area contributed by atoms with Gasteiger partial charge in [0.25, 0.3) is 11.5 Å². The Morgan fingerprint density at radius 2 is 2.03 bits per heavy atom. The number of ether oxygens (including phenoxy) is 1. The maximum Gasteiger partial charge on any atom is 0.326 e. The molecule has 1 N–H and O–H groups in total. The zero-order valence-electron chi connectivity index (χ0n) is 15.8. The maximum atomic E-state index is 12.7. The van der Waals surface area contributed by atoms with Gasteiger partial charge in [-0.3, -0.25) is 19.0 Å². The Balaban J connectivity index is 1.46. The third-order valence-electron chi connectivity index (χ3n) is 4.42. The molecule has 0 radical (unpaired) electrons. The molecule has 0 saturated carbocycles. The first kappa shape index (κ1) is 19.7. The molecule has 0 spiro atoms. The molecule has 0 bridgehead atoms. The van der Waals surface area contributed by atoms with E-state index in [1.54, 1.807) is 42.5 Å². The van der Waals surface area contributed by atoms with Crippen LogP contribution < -0.4 is 10.9 Å². The average molecular weight is 426 g/mol. The summed E-state index contributed by atoms with van der Waals surface area (Å²) in [5.74, 6) is -1.29. The van der Waals surface area contributed by atoms with E-state index in [2.05, 4.69) is 10.3 Å². The molecule has 30 heavy (non-hydrogen) atoms. The predicted molar refractivity (Wildman–Crippen MR) is 111 cm³/mol. The number of halogens is 1. The Kier molecular flexibility index (Phi) is 5.24. The van der Waals surface area contributed by atoms with Crippen LogP contribution >= 0.6 is 11.6 Å². The van der Waals surface area contributed by atoms with Gasteiger partial charge in [0.15, 0.2) is 6.10 Å². The number of nitrogens with zero attached hydrogens (tertiary/aromatic N) is 2. The summed E-state index contributed by atoms with van der Waals surface area (Å²) >= 11 is 5.88. The molecular weight excluding hydrogens is 410 g/mol. The third kappa shape index (κ3) is 3.90. The second-order valence-corrected chi connectivity index (χ2v) is 7.02. The van der Waals surface area contributed by atoms with Gasteiger partial charge in [-0.25, -0.2) is 4.98 Å². The number of amides is 1. The molecule has 9 heteroatoms. The summed E-state index contributed by atoms with van der Waals surface area (Å²) in [6.07, 6.45) is 0.181. The monoisotopic (exact) mass is 425 g/mol. The van der Waals surface area contributed by atoms with Crippen LogP contribution in [0.25, 0.3) is 22.1 Å². The molecule has 2 aromatic heterocycles. The highest BCUT2D eigenvalue weighted by Crippen LogP contribution is 2.24. The van der Waals surface area contributed by atoms with Crippen molar-refractivity contribution in [1.29, 1.82) is 0 Å². The van der Waals surface area contributed by atoms with Gasteiger partial charge in [-0.15, -0.1) is 0 Å². The summed E-state index contributed by atoms with van der Waals surface area (Å²) in [4.78, 5) is 41.4. The zero-order valence-corrected chi connectivity index (χ0v) is 16.6. The number of benzene rings is 2. The van der Waals surface area contributed by atoms with Gasteiger partial charge in [-0.05, 0) is 37.3 Å². The van der Waals surface area contributed by atoms with E-state index in [4.69, 9.17) is 20.8 Å². The van der Waals surface area contributed by atoms with Crippen LogP contribution in [0.1, 0.15) is 6.92 Å². The normalized spacial score (nSPS) is 12.1. The fraction of sp³-hybridized carbons (Fsp3) is 0.143. The third-order valence-corrected chi connectivity index (χ3v) is 4.65. The van der Waals surface area contributed by atoms with Gasteiger partial charge in [0.1, 0.15) is 17.6 Å². The van der Waals surface area contributed by atoms with Gasteiger partial charge in [0, 0.05) is 16.1 Å². The van der Waals surface area contributed by atoms with Gasteiger partial charge >= 0.3 is 5.97 Å². The Morgan fingerprint density at radius 1 is 1.23 bits per heavy atom. The molecule has 4 rings (SSSR count). The minimum Gasteiger partial charge on any atom is -0.451 e. The zero-order chi connectivity index (χ0) is 21.3. The van der Waals surface area contributed by atoms with Crippen molar-refractivity contribution >= 4 is 51.2 Å². The van der Waals surface area contributed by atoms with Gasteiger partial charge in [-0.1, -0.05) is 29.8 Å². The van der Waals surface area contributed by atoms with E-state index in [0.717, 1.165) is 4.57 Å². The second-order valence-electron chi connectivity index (χ2n) is 6.59. The number of nitrogens with one attached hydrogen (secondary N) is 1. The maximum absolute atomic E-state index is 12.7. The molecule has 1 atom stereocenters. The van der Waals surface area contributed by atoms with Crippen molar-refractivity contribution in [2.45, 2.75) is 19.6 Å². The number of furan rings is 1. The highest BCUT2D eigenvalue weighted by atomic mass is 35.5. The first-order chi connectivity index (χ1) is 14.4. The van der Waals surface area contributed by atoms with Gasteiger partial charge < -0.3 is 14.5 Å². The van der Waals surface area contributed by atoms with Gasteiger partial charge in [-0.2, -0.15) is 0 Å². The summed E-state index contributed by atoms with van der Waals surface area (Å²) in [6.45, 7) is 1.02. The number of para-hydroxylation sites is 1. The average Bonchev–Trinajstić information content (AvgIpc) is 3.09. The van der Waals surface area contributed by atoms with Crippen LogP contribution in [0.15, 0.2) is 64.1 Å². The summed E-state index contributed by atoms with van der Waals surface area (Å²) < 4.78 is 11.8. The number of carbonyl (C=O) groups is 2. The molecule has 1 unspecified atom stereocenters. The van der Waals surface area contributed by atoms with E-state index in [1.165, 1.54) is 13.3 Å². The Morgan fingerprint density at radius 3 is 2.83 bits per heavy atom. The van der Waals surface area contributed by atoms with Crippen molar-refractivity contribution in [2.24, 2.45) is 0 Å². The molecule has 0 saturated heterocycles. The van der Waals surface area contributed by atoms with Crippen molar-refractivity contribution in [3.05, 3.63) is 70.2 Å². The lowest BCUT2D eigenvalue weighted by molar-refractivity contribution is -0.153. The van der Waals surface area contributed by atoms with Crippen LogP contribution in [-0.2, 0) is 20.9 Å². The molecule has 4 aromatic rings. The van der Waals surface area contributed by atoms with E-state index in [-0.39, 0.29) is 5.58 Å². The molecule has 8 nitrogen and oxygen atoms in total. The van der Waals surface area contributed by atoms with Crippen LogP contribution in [0.5, 0.6) is 0 Å². The predicted octanol–water partition coefficient (Wildman–Crippen LogP) is 3.37. The molecule has 0 aliphatic rings. The molecule has 0 fully saturated rings. The number of esters is 1. The molecule has 0 aliphatic heterocycles. The number of anilines is 1. The van der Waals surface area contributed by atoms with E-state index in [1.807, 2.05) is 6.07 Å². The molecule has 2 aromatic carbocycles. The first-order valence-corrected chi connectivity index (χ1v) is 9.43. The Hall–Kier alpha value is -3.65. The number of fused-ring (bicyclic) bond motifs is 3. The molecule has 1 amide bonds. The van der Waals surface area contributed by atoms with Crippen molar-refractivity contribution in [1.82, 2.24) is 9.55 Å². The standard InChI is InChI=1S/C21H16ClN3O5/c1-12(20(27)24-14-6-4-5-13(22)9-14)29-17(26)10-25-11-23-18-15-7-2-3-8-16(15)30-19(18)21(25)28/h2-9,11-12H,10H2,1H3,(H,24,27). The summed E-state index contributed by atoms with van der Waals surface area (Å²) in [7, 11) is 0. The fourth-order valence-electron chi connectivity index (χ4n) is 2.97. The lowest BCUT2D eigenvalue weighted by Crippen LogP contribution is -2.33. The summed E-state index contributed by atoms with van der Waals surface area (Å²) in [5.41, 5.74) is 0.979. The van der Waals surface area contributed by atoms with E-state index >= 15 is 0 Å². The number of carbonyl (C=O) groups excluding carboxylic acids is 2. The van der Waals surface area contributed by atoms with Crippen LogP contribution in [0, 0.1) is 0 Å². The quantitative estimate of drug-likeness (QED) is 0.492. The van der Waals surface area contributed by atoms with Gasteiger partial charge in [0.2, 0.25) is 5.58 Å². The highest BCUT2D eigenvalue weighted by Gasteiger charge is 2.20. The van der Waals surface area contributed by atoms with E-state index in [0.29, 0.717) is 27.2 Å². The number of aromatic nitrogens is 2. The van der Waals surface area contributed by atoms with Crippen LogP contribution in [0.3, 0.4) is 0 Å². The van der Waals surface area contributed by atoms with Crippen LogP contribution in [0.2, 0.25) is 5.02 Å². The van der Waals surface area contributed by atoms with E-state index < -0.39 is 30.1 Å². The second kappa shape index (κ2) is 8.00. The minimum atomic E-state index is -1.07. The fourth-order valence-corrected chi connectivity index (χ4v) is 3.16. The molecule has 0 aliphatic carbocycles. The van der Waals surface area contributed by atoms with E-state index in [9.17, 15) is 14.4 Å².